The Bertz CT molecular complexity index is 382. The molecular formula is C20H44O5Si2. The predicted molar refractivity (Wildman–Crippen MR) is 116 cm³/mol. The summed E-state index contributed by atoms with van der Waals surface area (Å²) in [7, 11) is -0.179. The molecule has 0 fully saturated rings. The summed E-state index contributed by atoms with van der Waals surface area (Å²) in [6.45, 7) is 10.8. The van der Waals surface area contributed by atoms with Crippen LogP contribution in [-0.2, 0) is 22.5 Å². The lowest BCUT2D eigenvalue weighted by Crippen LogP contribution is -2.48. The molecule has 1 unspecified atom stereocenters. The molecule has 0 saturated heterocycles. The summed E-state index contributed by atoms with van der Waals surface area (Å²) in [6, 6.07) is 2.59. The summed E-state index contributed by atoms with van der Waals surface area (Å²) >= 11 is 0. The lowest BCUT2D eigenvalue weighted by atomic mass is 10.2. The second-order valence-electron chi connectivity index (χ2n) is 7.96. The second-order valence-corrected chi connectivity index (χ2v) is 15.4. The zero-order valence-electron chi connectivity index (χ0n) is 19.1. The third kappa shape index (κ3) is 8.77. The van der Waals surface area contributed by atoms with Crippen molar-refractivity contribution in [2.75, 3.05) is 21.3 Å². The van der Waals surface area contributed by atoms with Gasteiger partial charge in [-0.2, -0.15) is 0 Å². The molecule has 5 nitrogen and oxygen atoms in total. The molecule has 0 N–H and O–H groups in total. The van der Waals surface area contributed by atoms with E-state index < -0.39 is 17.1 Å². The first kappa shape index (κ1) is 26.8. The van der Waals surface area contributed by atoms with Crippen LogP contribution in [0.5, 0.6) is 0 Å². The minimum Gasteiger partial charge on any atom is -0.519 e. The van der Waals surface area contributed by atoms with Crippen LogP contribution in [0.15, 0.2) is 0 Å². The summed E-state index contributed by atoms with van der Waals surface area (Å²) in [4.78, 5) is 13.0. The van der Waals surface area contributed by atoms with Gasteiger partial charge in [0.25, 0.3) is 14.3 Å². The Morgan fingerprint density at radius 3 is 1.59 bits per heavy atom. The Morgan fingerprint density at radius 1 is 0.815 bits per heavy atom. The van der Waals surface area contributed by atoms with Gasteiger partial charge < -0.3 is 17.7 Å². The van der Waals surface area contributed by atoms with Crippen LogP contribution in [-0.4, -0.2) is 44.4 Å². The molecule has 0 rings (SSSR count). The molecule has 0 bridgehead atoms. The van der Waals surface area contributed by atoms with Crippen LogP contribution in [0.1, 0.15) is 73.1 Å². The first-order valence-corrected chi connectivity index (χ1v) is 15.0. The smallest absolute Gasteiger partial charge is 0.501 e. The standard InChI is InChI=1S/C20H44O5Si2/c1-9-11-13-15-26(18(3)4,16-14-12-10-2)25-20(21)19(5)17-27(22-6,23-7)24-8/h18-19H,9-17H2,1-8H3. The van der Waals surface area contributed by atoms with E-state index in [0.29, 0.717) is 11.6 Å². The summed E-state index contributed by atoms with van der Waals surface area (Å²) in [5.74, 6) is -0.397. The summed E-state index contributed by atoms with van der Waals surface area (Å²) in [6.07, 6.45) is 7.09. The van der Waals surface area contributed by atoms with Crippen LogP contribution in [0, 0.1) is 5.92 Å². The fourth-order valence-electron chi connectivity index (χ4n) is 3.53. The van der Waals surface area contributed by atoms with Crippen LogP contribution in [0.25, 0.3) is 0 Å². The van der Waals surface area contributed by atoms with E-state index in [1.807, 2.05) is 6.92 Å². The summed E-state index contributed by atoms with van der Waals surface area (Å²) in [5, 5.41) is 0. The molecule has 0 amide bonds. The van der Waals surface area contributed by atoms with Gasteiger partial charge in [-0.25, -0.2) is 0 Å². The monoisotopic (exact) mass is 420 g/mol. The van der Waals surface area contributed by atoms with Gasteiger partial charge in [-0.1, -0.05) is 73.1 Å². The Morgan fingerprint density at radius 2 is 1.26 bits per heavy atom. The maximum absolute atomic E-state index is 13.0. The molecule has 0 aliphatic heterocycles. The SMILES string of the molecule is CCCCC[Si](CCCCC)(OC(=O)C(C)C[Si](OC)(OC)OC)C(C)C. The van der Waals surface area contributed by atoms with Crippen molar-refractivity contribution in [3.05, 3.63) is 0 Å². The molecule has 1 atom stereocenters. The largest absolute Gasteiger partial charge is 0.519 e. The number of unbranched alkanes of at least 4 members (excludes halogenated alkanes) is 4. The normalized spacial score (nSPS) is 13.8. The molecule has 0 aliphatic rings. The first-order valence-electron chi connectivity index (χ1n) is 10.6. The van der Waals surface area contributed by atoms with Crippen molar-refractivity contribution < 1.29 is 22.5 Å². The number of hydrogen-bond donors (Lipinski definition) is 0. The minimum atomic E-state index is -2.79. The number of carbonyl (C=O) groups excluding carboxylic acids is 1. The highest BCUT2D eigenvalue weighted by Gasteiger charge is 2.45. The Labute approximate surface area is 170 Å². The third-order valence-corrected chi connectivity index (χ3v) is 13.7. The molecule has 0 aromatic rings. The molecule has 0 radical (unpaired) electrons. The van der Waals surface area contributed by atoms with Gasteiger partial charge in [-0.3, -0.25) is 4.79 Å². The van der Waals surface area contributed by atoms with Gasteiger partial charge in [0.2, 0.25) is 0 Å². The average molecular weight is 421 g/mol. The van der Waals surface area contributed by atoms with Gasteiger partial charge >= 0.3 is 8.80 Å². The highest BCUT2D eigenvalue weighted by molar-refractivity contribution is 6.76. The highest BCUT2D eigenvalue weighted by Crippen LogP contribution is 2.36. The van der Waals surface area contributed by atoms with Gasteiger partial charge in [-0.15, -0.1) is 0 Å². The van der Waals surface area contributed by atoms with Crippen molar-refractivity contribution in [1.82, 2.24) is 0 Å². The van der Waals surface area contributed by atoms with E-state index in [1.54, 1.807) is 21.3 Å². The maximum Gasteiger partial charge on any atom is 0.501 e. The molecule has 0 spiro atoms. The maximum atomic E-state index is 13.0. The fraction of sp³-hybridized carbons (Fsp3) is 0.950. The summed E-state index contributed by atoms with van der Waals surface area (Å²) in [5.41, 5.74) is 0.427. The number of rotatable bonds is 16. The van der Waals surface area contributed by atoms with Crippen molar-refractivity contribution in [3.8, 4) is 0 Å². The molecule has 7 heteroatoms. The first-order chi connectivity index (χ1) is 12.8. The van der Waals surface area contributed by atoms with Gasteiger partial charge in [0, 0.05) is 27.4 Å². The van der Waals surface area contributed by atoms with Gasteiger partial charge in [0.15, 0.2) is 0 Å². The minimum absolute atomic E-state index is 0.105. The van der Waals surface area contributed by atoms with Crippen molar-refractivity contribution in [1.29, 1.82) is 0 Å². The van der Waals surface area contributed by atoms with E-state index in [-0.39, 0.29) is 11.9 Å². The molecule has 27 heavy (non-hydrogen) atoms. The van der Waals surface area contributed by atoms with Gasteiger partial charge in [0.1, 0.15) is 0 Å². The lowest BCUT2D eigenvalue weighted by molar-refractivity contribution is -0.139. The van der Waals surface area contributed by atoms with Crippen molar-refractivity contribution in [2.24, 2.45) is 5.92 Å². The van der Waals surface area contributed by atoms with Crippen molar-refractivity contribution in [3.63, 3.8) is 0 Å². The van der Waals surface area contributed by atoms with Crippen LogP contribution in [0.2, 0.25) is 23.7 Å². The van der Waals surface area contributed by atoms with E-state index in [4.69, 9.17) is 17.7 Å². The van der Waals surface area contributed by atoms with E-state index >= 15 is 0 Å². The fourth-order valence-corrected chi connectivity index (χ4v) is 9.59. The quantitative estimate of drug-likeness (QED) is 0.234. The molecule has 0 aliphatic carbocycles. The van der Waals surface area contributed by atoms with Gasteiger partial charge in [-0.05, 0) is 17.6 Å². The zero-order chi connectivity index (χ0) is 20.9. The molecule has 0 saturated carbocycles. The van der Waals surface area contributed by atoms with Crippen molar-refractivity contribution >= 4 is 23.1 Å². The van der Waals surface area contributed by atoms with Crippen LogP contribution in [0.4, 0.5) is 0 Å². The molecule has 0 aromatic heterocycles. The van der Waals surface area contributed by atoms with E-state index in [2.05, 4.69) is 27.7 Å². The predicted octanol–water partition coefficient (Wildman–Crippen LogP) is 5.78. The van der Waals surface area contributed by atoms with Crippen LogP contribution >= 0.6 is 0 Å². The Balaban J connectivity index is 5.26. The molecule has 162 valence electrons. The third-order valence-electron chi connectivity index (χ3n) is 5.65. The molecule has 0 heterocycles. The number of carbonyl (C=O) groups is 1. The molecule has 0 aromatic carbocycles. The summed E-state index contributed by atoms with van der Waals surface area (Å²) < 4.78 is 22.9. The average Bonchev–Trinajstić information content (AvgIpc) is 2.66. The van der Waals surface area contributed by atoms with Crippen LogP contribution in [0.3, 0.4) is 0 Å². The zero-order valence-corrected chi connectivity index (χ0v) is 21.1. The number of hydrogen-bond acceptors (Lipinski definition) is 5. The van der Waals surface area contributed by atoms with Crippen molar-refractivity contribution in [2.45, 2.75) is 96.8 Å². The highest BCUT2D eigenvalue weighted by atomic mass is 28.4. The Kier molecular flexibility index (Phi) is 13.8. The van der Waals surface area contributed by atoms with E-state index in [9.17, 15) is 4.79 Å². The van der Waals surface area contributed by atoms with E-state index in [0.717, 1.165) is 24.9 Å². The topological polar surface area (TPSA) is 54.0 Å². The van der Waals surface area contributed by atoms with Crippen LogP contribution < -0.4 is 0 Å². The second kappa shape index (κ2) is 13.9. The van der Waals surface area contributed by atoms with E-state index in [1.165, 1.54) is 25.7 Å². The van der Waals surface area contributed by atoms with Gasteiger partial charge in [0.05, 0.1) is 5.92 Å². The molecular weight excluding hydrogens is 376 g/mol. The Hall–Kier alpha value is -0.216. The lowest BCUT2D eigenvalue weighted by Gasteiger charge is -2.36.